The van der Waals surface area contributed by atoms with E-state index in [1.165, 1.54) is 0 Å². The van der Waals surface area contributed by atoms with Crippen LogP contribution in [0.3, 0.4) is 0 Å². The molecule has 0 aromatic rings. The molecule has 0 aliphatic carbocycles. The number of carbonyl (C=O) groups is 2. The standard InChI is InChI=1S/C7H10O4/c1-5(2)11-7(10)4-3-6(8)9/h3-5H,1-2H3,(H,8,9)/b4-3-. The Bertz CT molecular complexity index is 181. The molecule has 0 atom stereocenters. The Morgan fingerprint density at radius 1 is 1.36 bits per heavy atom. The van der Waals surface area contributed by atoms with E-state index in [1.54, 1.807) is 13.8 Å². The summed E-state index contributed by atoms with van der Waals surface area (Å²) < 4.78 is 4.61. The fraction of sp³-hybridized carbons (Fsp3) is 0.429. The summed E-state index contributed by atoms with van der Waals surface area (Å²) in [6, 6.07) is 0. The average Bonchev–Trinajstić information content (AvgIpc) is 1.82. The summed E-state index contributed by atoms with van der Waals surface area (Å²) in [6.07, 6.45) is 1.40. The van der Waals surface area contributed by atoms with Crippen molar-refractivity contribution in [1.82, 2.24) is 0 Å². The third-order valence-electron chi connectivity index (χ3n) is 0.714. The molecule has 0 amide bonds. The minimum atomic E-state index is -1.16. The monoisotopic (exact) mass is 158 g/mol. The first-order valence-corrected chi connectivity index (χ1v) is 3.14. The van der Waals surface area contributed by atoms with Gasteiger partial charge in [-0.3, -0.25) is 0 Å². The van der Waals surface area contributed by atoms with Gasteiger partial charge in [-0.1, -0.05) is 0 Å². The van der Waals surface area contributed by atoms with Crippen molar-refractivity contribution in [3.8, 4) is 0 Å². The van der Waals surface area contributed by atoms with Gasteiger partial charge in [-0.05, 0) is 13.8 Å². The van der Waals surface area contributed by atoms with Gasteiger partial charge in [-0.25, -0.2) is 9.59 Å². The Kier molecular flexibility index (Phi) is 3.95. The SMILES string of the molecule is CC(C)OC(=O)/C=C\C(=O)O. The third kappa shape index (κ3) is 6.57. The van der Waals surface area contributed by atoms with Crippen LogP contribution in [0.15, 0.2) is 12.2 Å². The van der Waals surface area contributed by atoms with Crippen LogP contribution in [0, 0.1) is 0 Å². The normalized spacial score (nSPS) is 10.5. The van der Waals surface area contributed by atoms with E-state index in [-0.39, 0.29) is 6.10 Å². The van der Waals surface area contributed by atoms with Crippen molar-refractivity contribution in [2.45, 2.75) is 20.0 Å². The summed E-state index contributed by atoms with van der Waals surface area (Å²) in [6.45, 7) is 3.37. The first-order valence-electron chi connectivity index (χ1n) is 3.14. The Hall–Kier alpha value is -1.32. The summed E-state index contributed by atoms with van der Waals surface area (Å²) in [4.78, 5) is 20.5. The maximum absolute atomic E-state index is 10.6. The molecular weight excluding hydrogens is 148 g/mol. The predicted octanol–water partition coefficient (Wildman–Crippen LogP) is 0.579. The number of hydrogen-bond acceptors (Lipinski definition) is 3. The molecule has 0 unspecified atom stereocenters. The van der Waals surface area contributed by atoms with Gasteiger partial charge in [0.05, 0.1) is 6.10 Å². The topological polar surface area (TPSA) is 63.6 Å². The van der Waals surface area contributed by atoms with Crippen LogP contribution >= 0.6 is 0 Å². The quantitative estimate of drug-likeness (QED) is 0.482. The maximum atomic E-state index is 10.6. The Morgan fingerprint density at radius 2 is 1.91 bits per heavy atom. The summed E-state index contributed by atoms with van der Waals surface area (Å²) in [7, 11) is 0. The van der Waals surface area contributed by atoms with Crippen LogP contribution in [-0.4, -0.2) is 23.1 Å². The van der Waals surface area contributed by atoms with Crippen molar-refractivity contribution >= 4 is 11.9 Å². The van der Waals surface area contributed by atoms with E-state index < -0.39 is 11.9 Å². The maximum Gasteiger partial charge on any atom is 0.331 e. The first kappa shape index (κ1) is 9.68. The molecule has 0 bridgehead atoms. The Balaban J connectivity index is 3.78. The number of esters is 1. The van der Waals surface area contributed by atoms with Gasteiger partial charge < -0.3 is 9.84 Å². The van der Waals surface area contributed by atoms with Gasteiger partial charge in [-0.15, -0.1) is 0 Å². The summed E-state index contributed by atoms with van der Waals surface area (Å²) in [5, 5.41) is 8.10. The van der Waals surface area contributed by atoms with E-state index in [1.807, 2.05) is 0 Å². The molecule has 0 aliphatic rings. The zero-order valence-electron chi connectivity index (χ0n) is 6.40. The number of carbonyl (C=O) groups excluding carboxylic acids is 1. The molecule has 0 aliphatic heterocycles. The van der Waals surface area contributed by atoms with Crippen molar-refractivity contribution in [1.29, 1.82) is 0 Å². The van der Waals surface area contributed by atoms with Crippen molar-refractivity contribution in [2.24, 2.45) is 0 Å². The second-order valence-corrected chi connectivity index (χ2v) is 2.16. The number of rotatable bonds is 3. The highest BCUT2D eigenvalue weighted by Crippen LogP contribution is 1.89. The summed E-state index contributed by atoms with van der Waals surface area (Å²) >= 11 is 0. The Morgan fingerprint density at radius 3 is 2.27 bits per heavy atom. The van der Waals surface area contributed by atoms with E-state index in [2.05, 4.69) is 4.74 Å². The highest BCUT2D eigenvalue weighted by molar-refractivity contribution is 5.90. The molecule has 0 radical (unpaired) electrons. The van der Waals surface area contributed by atoms with Crippen molar-refractivity contribution in [3.05, 3.63) is 12.2 Å². The molecular formula is C7H10O4. The van der Waals surface area contributed by atoms with Gasteiger partial charge in [0, 0.05) is 12.2 Å². The Labute approximate surface area is 64.5 Å². The number of carboxylic acid groups (broad SMARTS) is 1. The lowest BCUT2D eigenvalue weighted by molar-refractivity contribution is -0.142. The van der Waals surface area contributed by atoms with Gasteiger partial charge in [-0.2, -0.15) is 0 Å². The van der Waals surface area contributed by atoms with Gasteiger partial charge in [0.2, 0.25) is 0 Å². The minimum absolute atomic E-state index is 0.221. The molecule has 0 saturated heterocycles. The van der Waals surface area contributed by atoms with Crippen molar-refractivity contribution < 1.29 is 19.4 Å². The molecule has 1 N–H and O–H groups in total. The fourth-order valence-electron chi connectivity index (χ4n) is 0.411. The highest BCUT2D eigenvalue weighted by atomic mass is 16.5. The highest BCUT2D eigenvalue weighted by Gasteiger charge is 1.99. The smallest absolute Gasteiger partial charge is 0.331 e. The molecule has 62 valence electrons. The second kappa shape index (κ2) is 4.49. The van der Waals surface area contributed by atoms with Crippen LogP contribution in [-0.2, 0) is 14.3 Å². The van der Waals surface area contributed by atoms with E-state index in [0.717, 1.165) is 12.2 Å². The first-order chi connectivity index (χ1) is 5.02. The fourth-order valence-corrected chi connectivity index (χ4v) is 0.411. The number of ether oxygens (including phenoxy) is 1. The van der Waals surface area contributed by atoms with E-state index in [0.29, 0.717) is 0 Å². The predicted molar refractivity (Wildman–Crippen MR) is 38.0 cm³/mol. The van der Waals surface area contributed by atoms with Crippen LogP contribution in [0.25, 0.3) is 0 Å². The zero-order chi connectivity index (χ0) is 8.85. The van der Waals surface area contributed by atoms with Crippen molar-refractivity contribution in [3.63, 3.8) is 0 Å². The van der Waals surface area contributed by atoms with E-state index >= 15 is 0 Å². The number of hydrogen-bond donors (Lipinski definition) is 1. The number of aliphatic carboxylic acids is 1. The zero-order valence-corrected chi connectivity index (χ0v) is 6.40. The average molecular weight is 158 g/mol. The van der Waals surface area contributed by atoms with Gasteiger partial charge in [0.1, 0.15) is 0 Å². The lowest BCUT2D eigenvalue weighted by atomic mass is 10.4. The van der Waals surface area contributed by atoms with Crippen LogP contribution in [0.2, 0.25) is 0 Å². The van der Waals surface area contributed by atoms with Crippen LogP contribution < -0.4 is 0 Å². The number of carboxylic acids is 1. The molecule has 4 heteroatoms. The van der Waals surface area contributed by atoms with Crippen LogP contribution in [0.1, 0.15) is 13.8 Å². The van der Waals surface area contributed by atoms with Crippen LogP contribution in [0.5, 0.6) is 0 Å². The molecule has 0 fully saturated rings. The third-order valence-corrected chi connectivity index (χ3v) is 0.714. The molecule has 0 heterocycles. The summed E-state index contributed by atoms with van der Waals surface area (Å²) in [5.74, 6) is -1.80. The molecule has 11 heavy (non-hydrogen) atoms. The van der Waals surface area contributed by atoms with Gasteiger partial charge in [0.25, 0.3) is 0 Å². The molecule has 0 aromatic carbocycles. The molecule has 0 rings (SSSR count). The van der Waals surface area contributed by atoms with E-state index in [9.17, 15) is 9.59 Å². The lowest BCUT2D eigenvalue weighted by Gasteiger charge is -2.02. The second-order valence-electron chi connectivity index (χ2n) is 2.16. The minimum Gasteiger partial charge on any atom is -0.478 e. The molecule has 0 aromatic heterocycles. The van der Waals surface area contributed by atoms with Crippen molar-refractivity contribution in [2.75, 3.05) is 0 Å². The molecule has 0 saturated carbocycles. The molecule has 0 spiro atoms. The van der Waals surface area contributed by atoms with Gasteiger partial charge in [0.15, 0.2) is 0 Å². The van der Waals surface area contributed by atoms with Crippen LogP contribution in [0.4, 0.5) is 0 Å². The van der Waals surface area contributed by atoms with E-state index in [4.69, 9.17) is 5.11 Å². The molecule has 4 nitrogen and oxygen atoms in total. The summed E-state index contributed by atoms with van der Waals surface area (Å²) in [5.41, 5.74) is 0. The lowest BCUT2D eigenvalue weighted by Crippen LogP contribution is -2.08. The van der Waals surface area contributed by atoms with Gasteiger partial charge >= 0.3 is 11.9 Å². The largest absolute Gasteiger partial charge is 0.478 e.